The van der Waals surface area contributed by atoms with E-state index >= 15 is 0 Å². The van der Waals surface area contributed by atoms with Crippen molar-refractivity contribution in [3.05, 3.63) is 64.2 Å². The second-order valence-electron chi connectivity index (χ2n) is 5.52. The van der Waals surface area contributed by atoms with Crippen LogP contribution in [-0.2, 0) is 6.54 Å². The molecule has 1 aromatic heterocycles. The molecule has 6 heteroatoms. The van der Waals surface area contributed by atoms with Crippen molar-refractivity contribution in [3.63, 3.8) is 0 Å². The molecule has 0 aliphatic carbocycles. The van der Waals surface area contributed by atoms with Crippen molar-refractivity contribution in [2.24, 2.45) is 0 Å². The third kappa shape index (κ3) is 3.88. The zero-order valence-corrected chi connectivity index (χ0v) is 14.7. The van der Waals surface area contributed by atoms with Gasteiger partial charge < -0.3 is 4.90 Å². The first kappa shape index (κ1) is 17.4. The summed E-state index contributed by atoms with van der Waals surface area (Å²) in [6, 6.07) is 6.42. The fourth-order valence-electron chi connectivity index (χ4n) is 2.22. The number of H-pyrrole nitrogens is 1. The lowest BCUT2D eigenvalue weighted by Crippen LogP contribution is -2.31. The lowest BCUT2D eigenvalue weighted by atomic mass is 10.1. The molecule has 0 saturated carbocycles. The number of aromatic nitrogens is 2. The first-order valence-corrected chi connectivity index (χ1v) is 8.12. The molecule has 2 rings (SSSR count). The van der Waals surface area contributed by atoms with E-state index in [1.807, 2.05) is 13.8 Å². The first-order valence-electron chi connectivity index (χ1n) is 7.33. The second-order valence-corrected chi connectivity index (χ2v) is 6.31. The maximum Gasteiger partial charge on any atom is 0.276 e. The summed E-state index contributed by atoms with van der Waals surface area (Å²) in [5, 5.41) is 7.00. The molecule has 1 N–H and O–H groups in total. The van der Waals surface area contributed by atoms with Crippen LogP contribution in [0.2, 0.25) is 0 Å². The Hall–Kier alpha value is -1.95. The Balaban J connectivity index is 2.29. The highest BCUT2D eigenvalue weighted by Crippen LogP contribution is 2.26. The predicted molar refractivity (Wildman–Crippen MR) is 91.7 cm³/mol. The summed E-state index contributed by atoms with van der Waals surface area (Å²) < 4.78 is 14.5. The van der Waals surface area contributed by atoms with Crippen LogP contribution in [0.1, 0.15) is 41.5 Å². The highest BCUT2D eigenvalue weighted by molar-refractivity contribution is 9.10. The quantitative estimate of drug-likeness (QED) is 0.762. The molecule has 0 aliphatic heterocycles. The van der Waals surface area contributed by atoms with Gasteiger partial charge in [0.25, 0.3) is 5.91 Å². The third-order valence-electron chi connectivity index (χ3n) is 3.47. The van der Waals surface area contributed by atoms with Crippen molar-refractivity contribution in [1.29, 1.82) is 0 Å². The Morgan fingerprint density at radius 2 is 2.17 bits per heavy atom. The van der Waals surface area contributed by atoms with Crippen LogP contribution in [0.3, 0.4) is 0 Å². The van der Waals surface area contributed by atoms with Gasteiger partial charge in [-0.25, -0.2) is 4.39 Å². The largest absolute Gasteiger partial charge is 0.329 e. The van der Waals surface area contributed by atoms with Crippen molar-refractivity contribution in [1.82, 2.24) is 15.1 Å². The summed E-state index contributed by atoms with van der Waals surface area (Å²) >= 11 is 3.43. The maximum absolute atomic E-state index is 13.9. The molecule has 0 bridgehead atoms. The van der Waals surface area contributed by atoms with E-state index in [0.717, 1.165) is 5.69 Å². The summed E-state index contributed by atoms with van der Waals surface area (Å²) in [4.78, 5) is 14.3. The molecule has 122 valence electrons. The lowest BCUT2D eigenvalue weighted by molar-refractivity contribution is 0.0754. The Bertz CT molecular complexity index is 712. The number of carbonyl (C=O) groups is 1. The van der Waals surface area contributed by atoms with Crippen LogP contribution in [0.25, 0.3) is 0 Å². The molecular weight excluding hydrogens is 361 g/mol. The van der Waals surface area contributed by atoms with E-state index in [1.54, 1.807) is 24.3 Å². The van der Waals surface area contributed by atoms with Crippen molar-refractivity contribution < 1.29 is 9.18 Å². The molecule has 1 amide bonds. The average Bonchev–Trinajstić information content (AvgIpc) is 2.90. The van der Waals surface area contributed by atoms with Gasteiger partial charge in [0.05, 0.1) is 10.2 Å². The number of amides is 1. The fraction of sp³-hybridized carbons (Fsp3) is 0.294. The number of aromatic amines is 1. The van der Waals surface area contributed by atoms with E-state index in [0.29, 0.717) is 22.3 Å². The predicted octanol–water partition coefficient (Wildman–Crippen LogP) is 4.26. The van der Waals surface area contributed by atoms with Gasteiger partial charge in [0, 0.05) is 18.7 Å². The van der Waals surface area contributed by atoms with Gasteiger partial charge in [-0.2, -0.15) is 5.10 Å². The molecule has 0 fully saturated rings. The molecule has 1 aromatic carbocycles. The van der Waals surface area contributed by atoms with E-state index in [9.17, 15) is 9.18 Å². The van der Waals surface area contributed by atoms with E-state index in [-0.39, 0.29) is 24.2 Å². The van der Waals surface area contributed by atoms with Gasteiger partial charge >= 0.3 is 0 Å². The maximum atomic E-state index is 13.9. The molecule has 0 spiro atoms. The molecule has 0 saturated heterocycles. The van der Waals surface area contributed by atoms with Crippen LogP contribution >= 0.6 is 15.9 Å². The molecule has 0 aliphatic rings. The molecule has 23 heavy (non-hydrogen) atoms. The lowest BCUT2D eigenvalue weighted by Gasteiger charge is -2.20. The zero-order chi connectivity index (χ0) is 17.0. The van der Waals surface area contributed by atoms with Gasteiger partial charge in [-0.05, 0) is 27.9 Å². The molecule has 4 nitrogen and oxygen atoms in total. The summed E-state index contributed by atoms with van der Waals surface area (Å²) in [6.45, 7) is 8.15. The minimum absolute atomic E-state index is 0.161. The zero-order valence-electron chi connectivity index (χ0n) is 13.1. The highest BCUT2D eigenvalue weighted by Gasteiger charge is 2.24. The van der Waals surface area contributed by atoms with Crippen LogP contribution in [-0.4, -0.2) is 27.5 Å². The molecule has 1 heterocycles. The van der Waals surface area contributed by atoms with Gasteiger partial charge in [0.1, 0.15) is 5.82 Å². The first-order chi connectivity index (χ1) is 11.0. The monoisotopic (exact) mass is 379 g/mol. The summed E-state index contributed by atoms with van der Waals surface area (Å²) in [5.41, 5.74) is 1.61. The van der Waals surface area contributed by atoms with Crippen molar-refractivity contribution in [3.8, 4) is 0 Å². The molecule has 0 radical (unpaired) electrons. The second kappa shape index (κ2) is 7.55. The van der Waals surface area contributed by atoms with E-state index < -0.39 is 0 Å². The number of halogens is 2. The Kier molecular flexibility index (Phi) is 5.71. The van der Waals surface area contributed by atoms with Crippen LogP contribution in [0.15, 0.2) is 41.4 Å². The van der Waals surface area contributed by atoms with Crippen LogP contribution < -0.4 is 0 Å². The van der Waals surface area contributed by atoms with Crippen molar-refractivity contribution in [2.45, 2.75) is 26.3 Å². The minimum Gasteiger partial charge on any atom is -0.329 e. The number of hydrogen-bond acceptors (Lipinski definition) is 2. The van der Waals surface area contributed by atoms with Gasteiger partial charge in [-0.3, -0.25) is 9.89 Å². The van der Waals surface area contributed by atoms with Gasteiger partial charge in [0.15, 0.2) is 5.69 Å². The van der Waals surface area contributed by atoms with Crippen LogP contribution in [0, 0.1) is 5.82 Å². The normalized spacial score (nSPS) is 10.8. The Labute approximate surface area is 143 Å². The fourth-order valence-corrected chi connectivity index (χ4v) is 3.03. The van der Waals surface area contributed by atoms with Gasteiger partial charge in [0.2, 0.25) is 0 Å². The topological polar surface area (TPSA) is 49.0 Å². The van der Waals surface area contributed by atoms with E-state index in [1.165, 1.54) is 11.0 Å². The molecule has 2 aromatic rings. The van der Waals surface area contributed by atoms with E-state index in [4.69, 9.17) is 0 Å². The SMILES string of the molecule is C=CCN(Cc1ccccc1F)C(=O)c1n[nH]c(C(C)C)c1Br. The number of nitrogens with one attached hydrogen (secondary N) is 1. The van der Waals surface area contributed by atoms with Crippen molar-refractivity contribution in [2.75, 3.05) is 6.54 Å². The summed E-state index contributed by atoms with van der Waals surface area (Å²) in [7, 11) is 0. The number of carbonyl (C=O) groups excluding carboxylic acids is 1. The Morgan fingerprint density at radius 3 is 2.74 bits per heavy atom. The van der Waals surface area contributed by atoms with Crippen molar-refractivity contribution >= 4 is 21.8 Å². The highest BCUT2D eigenvalue weighted by atomic mass is 79.9. The third-order valence-corrected chi connectivity index (χ3v) is 4.27. The molecular formula is C17H19BrFN3O. The van der Waals surface area contributed by atoms with E-state index in [2.05, 4.69) is 32.7 Å². The Morgan fingerprint density at radius 1 is 1.48 bits per heavy atom. The molecule has 0 atom stereocenters. The summed E-state index contributed by atoms with van der Waals surface area (Å²) in [5.74, 6) is -0.403. The minimum atomic E-state index is -0.335. The number of hydrogen-bond donors (Lipinski definition) is 1. The van der Waals surface area contributed by atoms with Gasteiger partial charge in [-0.1, -0.05) is 38.1 Å². The van der Waals surface area contributed by atoms with Crippen LogP contribution in [0.5, 0.6) is 0 Å². The van der Waals surface area contributed by atoms with Crippen LogP contribution in [0.4, 0.5) is 4.39 Å². The number of rotatable bonds is 6. The number of benzene rings is 1. The number of nitrogens with zero attached hydrogens (tertiary/aromatic N) is 2. The smallest absolute Gasteiger partial charge is 0.276 e. The summed E-state index contributed by atoms with van der Waals surface area (Å²) in [6.07, 6.45) is 1.61. The standard InChI is InChI=1S/C17H19BrFN3O/c1-4-9-22(10-12-7-5-6-8-13(12)19)17(23)16-14(18)15(11(2)3)20-21-16/h4-8,11H,1,9-10H2,2-3H3,(H,20,21). The molecule has 0 unspecified atom stereocenters. The van der Waals surface area contributed by atoms with Gasteiger partial charge in [-0.15, -0.1) is 6.58 Å². The average molecular weight is 380 g/mol.